The standard InChI is InChI=1S/C13H14O4/c1-4-16-13(14)11-8(2)17-12-9(11)6-5-7-10(12)15-3/h5-7H,4H2,1-3H3. The maximum absolute atomic E-state index is 11.8. The van der Waals surface area contributed by atoms with E-state index in [-0.39, 0.29) is 5.97 Å². The number of methoxy groups -OCH3 is 1. The maximum atomic E-state index is 11.8. The van der Waals surface area contributed by atoms with E-state index in [2.05, 4.69) is 0 Å². The second-order valence-electron chi connectivity index (χ2n) is 3.59. The van der Waals surface area contributed by atoms with Crippen molar-refractivity contribution >= 4 is 16.9 Å². The molecule has 2 aromatic rings. The number of fused-ring (bicyclic) bond motifs is 1. The third-order valence-electron chi connectivity index (χ3n) is 2.55. The number of rotatable bonds is 3. The average molecular weight is 234 g/mol. The van der Waals surface area contributed by atoms with Gasteiger partial charge in [0.25, 0.3) is 0 Å². The summed E-state index contributed by atoms with van der Waals surface area (Å²) in [6.07, 6.45) is 0. The van der Waals surface area contributed by atoms with Gasteiger partial charge in [0.2, 0.25) is 0 Å². The van der Waals surface area contributed by atoms with E-state index in [1.165, 1.54) is 0 Å². The van der Waals surface area contributed by atoms with Crippen LogP contribution in [0.25, 0.3) is 11.0 Å². The van der Waals surface area contributed by atoms with Crippen molar-refractivity contribution in [3.8, 4) is 5.75 Å². The largest absolute Gasteiger partial charge is 0.493 e. The van der Waals surface area contributed by atoms with Gasteiger partial charge in [0, 0.05) is 5.39 Å². The van der Waals surface area contributed by atoms with Crippen molar-refractivity contribution in [2.75, 3.05) is 13.7 Å². The zero-order chi connectivity index (χ0) is 12.4. The lowest BCUT2D eigenvalue weighted by Gasteiger charge is -2.01. The van der Waals surface area contributed by atoms with E-state index in [0.717, 1.165) is 5.39 Å². The molecule has 0 amide bonds. The molecule has 0 saturated heterocycles. The van der Waals surface area contributed by atoms with Crippen LogP contribution < -0.4 is 4.74 Å². The van der Waals surface area contributed by atoms with Crippen molar-refractivity contribution in [2.24, 2.45) is 0 Å². The Morgan fingerprint density at radius 1 is 1.41 bits per heavy atom. The van der Waals surface area contributed by atoms with Gasteiger partial charge in [0.15, 0.2) is 11.3 Å². The molecule has 0 spiro atoms. The Morgan fingerprint density at radius 3 is 2.82 bits per heavy atom. The molecule has 90 valence electrons. The Labute approximate surface area is 99.1 Å². The number of hydrogen-bond acceptors (Lipinski definition) is 4. The Hall–Kier alpha value is -1.97. The predicted molar refractivity (Wildman–Crippen MR) is 63.5 cm³/mol. The molecule has 0 aliphatic carbocycles. The number of carbonyl (C=O) groups is 1. The van der Waals surface area contributed by atoms with E-state index in [1.54, 1.807) is 27.0 Å². The first kappa shape index (κ1) is 11.5. The molecule has 1 aromatic carbocycles. The van der Waals surface area contributed by atoms with Gasteiger partial charge in [-0.25, -0.2) is 4.79 Å². The monoisotopic (exact) mass is 234 g/mol. The Kier molecular flexibility index (Phi) is 3.04. The molecule has 4 nitrogen and oxygen atoms in total. The molecule has 1 heterocycles. The number of para-hydroxylation sites is 1. The van der Waals surface area contributed by atoms with E-state index in [0.29, 0.717) is 29.3 Å². The van der Waals surface area contributed by atoms with Gasteiger partial charge in [-0.05, 0) is 26.0 Å². The van der Waals surface area contributed by atoms with Crippen LogP contribution in [0.1, 0.15) is 23.0 Å². The van der Waals surface area contributed by atoms with Gasteiger partial charge < -0.3 is 13.9 Å². The number of furan rings is 1. The first-order chi connectivity index (χ1) is 8.19. The SMILES string of the molecule is CCOC(=O)c1c(C)oc2c(OC)cccc12. The normalized spacial score (nSPS) is 10.5. The molecule has 0 aliphatic heterocycles. The molecule has 0 N–H and O–H groups in total. The molecule has 1 aromatic heterocycles. The van der Waals surface area contributed by atoms with Gasteiger partial charge in [-0.1, -0.05) is 6.07 Å². The quantitative estimate of drug-likeness (QED) is 0.766. The predicted octanol–water partition coefficient (Wildman–Crippen LogP) is 2.93. The average Bonchev–Trinajstić information content (AvgIpc) is 2.65. The Balaban J connectivity index is 2.64. The number of esters is 1. The Morgan fingerprint density at radius 2 is 2.18 bits per heavy atom. The molecule has 4 heteroatoms. The molecule has 0 saturated carbocycles. The summed E-state index contributed by atoms with van der Waals surface area (Å²) >= 11 is 0. The molecule has 0 aliphatic rings. The first-order valence-corrected chi connectivity index (χ1v) is 5.42. The minimum absolute atomic E-state index is 0.342. The number of carbonyl (C=O) groups excluding carboxylic acids is 1. The smallest absolute Gasteiger partial charge is 0.342 e. The fourth-order valence-corrected chi connectivity index (χ4v) is 1.83. The highest BCUT2D eigenvalue weighted by Crippen LogP contribution is 2.32. The maximum Gasteiger partial charge on any atom is 0.342 e. The van der Waals surface area contributed by atoms with Gasteiger partial charge in [-0.15, -0.1) is 0 Å². The molecule has 17 heavy (non-hydrogen) atoms. The first-order valence-electron chi connectivity index (χ1n) is 5.42. The number of aryl methyl sites for hydroxylation is 1. The number of hydrogen-bond donors (Lipinski definition) is 0. The number of ether oxygens (including phenoxy) is 2. The highest BCUT2D eigenvalue weighted by molar-refractivity contribution is 6.05. The Bertz CT molecular complexity index is 554. The summed E-state index contributed by atoms with van der Waals surface area (Å²) in [6, 6.07) is 5.43. The summed E-state index contributed by atoms with van der Waals surface area (Å²) in [4.78, 5) is 11.8. The van der Waals surface area contributed by atoms with Gasteiger partial charge in [-0.3, -0.25) is 0 Å². The van der Waals surface area contributed by atoms with Crippen LogP contribution in [0.3, 0.4) is 0 Å². The van der Waals surface area contributed by atoms with Crippen molar-refractivity contribution in [2.45, 2.75) is 13.8 Å². The second kappa shape index (κ2) is 4.49. The molecule has 0 radical (unpaired) electrons. The van der Waals surface area contributed by atoms with Gasteiger partial charge in [-0.2, -0.15) is 0 Å². The van der Waals surface area contributed by atoms with Crippen LogP contribution in [-0.2, 0) is 4.74 Å². The highest BCUT2D eigenvalue weighted by Gasteiger charge is 2.20. The van der Waals surface area contributed by atoms with E-state index >= 15 is 0 Å². The van der Waals surface area contributed by atoms with E-state index in [1.807, 2.05) is 12.1 Å². The number of benzene rings is 1. The third kappa shape index (κ3) is 1.86. The summed E-state index contributed by atoms with van der Waals surface area (Å²) in [7, 11) is 1.57. The topological polar surface area (TPSA) is 48.7 Å². The van der Waals surface area contributed by atoms with Crippen LogP contribution in [-0.4, -0.2) is 19.7 Å². The van der Waals surface area contributed by atoms with Crippen molar-refractivity contribution in [3.63, 3.8) is 0 Å². The van der Waals surface area contributed by atoms with Crippen LogP contribution in [0.4, 0.5) is 0 Å². The minimum atomic E-state index is -0.364. The zero-order valence-corrected chi connectivity index (χ0v) is 10.1. The fourth-order valence-electron chi connectivity index (χ4n) is 1.83. The summed E-state index contributed by atoms with van der Waals surface area (Å²) in [5.74, 6) is 0.793. The molecular formula is C13H14O4. The summed E-state index contributed by atoms with van der Waals surface area (Å²) in [6.45, 7) is 3.86. The lowest BCUT2D eigenvalue weighted by molar-refractivity contribution is 0.0526. The van der Waals surface area contributed by atoms with Crippen LogP contribution in [0.15, 0.2) is 22.6 Å². The molecular weight excluding hydrogens is 220 g/mol. The minimum Gasteiger partial charge on any atom is -0.493 e. The molecule has 0 unspecified atom stereocenters. The summed E-state index contributed by atoms with van der Waals surface area (Å²) in [5.41, 5.74) is 1.05. The highest BCUT2D eigenvalue weighted by atomic mass is 16.5. The van der Waals surface area contributed by atoms with Gasteiger partial charge >= 0.3 is 5.97 Å². The molecule has 2 rings (SSSR count). The van der Waals surface area contributed by atoms with Crippen molar-refractivity contribution < 1.29 is 18.7 Å². The van der Waals surface area contributed by atoms with E-state index in [4.69, 9.17) is 13.9 Å². The van der Waals surface area contributed by atoms with Crippen LogP contribution >= 0.6 is 0 Å². The van der Waals surface area contributed by atoms with Crippen LogP contribution in [0, 0.1) is 6.92 Å². The van der Waals surface area contributed by atoms with Crippen molar-refractivity contribution in [3.05, 3.63) is 29.5 Å². The second-order valence-corrected chi connectivity index (χ2v) is 3.59. The lowest BCUT2D eigenvalue weighted by atomic mass is 10.1. The summed E-state index contributed by atoms with van der Waals surface area (Å²) in [5, 5.41) is 0.723. The van der Waals surface area contributed by atoms with Gasteiger partial charge in [0.1, 0.15) is 11.3 Å². The molecule has 0 atom stereocenters. The summed E-state index contributed by atoms with van der Waals surface area (Å²) < 4.78 is 15.8. The fraction of sp³-hybridized carbons (Fsp3) is 0.308. The van der Waals surface area contributed by atoms with Crippen LogP contribution in [0.5, 0.6) is 5.75 Å². The molecule has 0 fully saturated rings. The molecule has 0 bridgehead atoms. The third-order valence-corrected chi connectivity index (χ3v) is 2.55. The van der Waals surface area contributed by atoms with Crippen molar-refractivity contribution in [1.29, 1.82) is 0 Å². The lowest BCUT2D eigenvalue weighted by Crippen LogP contribution is -2.05. The van der Waals surface area contributed by atoms with E-state index in [9.17, 15) is 4.79 Å². The van der Waals surface area contributed by atoms with E-state index < -0.39 is 0 Å². The van der Waals surface area contributed by atoms with Crippen LogP contribution in [0.2, 0.25) is 0 Å². The van der Waals surface area contributed by atoms with Crippen molar-refractivity contribution in [1.82, 2.24) is 0 Å². The zero-order valence-electron chi connectivity index (χ0n) is 10.1. The van der Waals surface area contributed by atoms with Gasteiger partial charge in [0.05, 0.1) is 13.7 Å².